The van der Waals surface area contributed by atoms with E-state index in [9.17, 15) is 4.79 Å². The van der Waals surface area contributed by atoms with Gasteiger partial charge in [-0.05, 0) is 32.3 Å². The van der Waals surface area contributed by atoms with Gasteiger partial charge in [0.05, 0.1) is 5.69 Å². The number of aliphatic carboxylic acids is 1. The Balaban J connectivity index is 2.06. The van der Waals surface area contributed by atoms with Crippen LogP contribution >= 0.6 is 11.3 Å². The molecule has 1 aliphatic rings. The first-order valence-electron chi connectivity index (χ1n) is 6.80. The van der Waals surface area contributed by atoms with Gasteiger partial charge >= 0.3 is 5.97 Å². The van der Waals surface area contributed by atoms with Crippen LogP contribution in [-0.4, -0.2) is 33.0 Å². The van der Waals surface area contributed by atoms with Gasteiger partial charge in [0.1, 0.15) is 0 Å². The van der Waals surface area contributed by atoms with Gasteiger partial charge in [0.25, 0.3) is 0 Å². The fourth-order valence-electron chi connectivity index (χ4n) is 2.72. The molecule has 5 nitrogen and oxygen atoms in total. The Hall–Kier alpha value is -1.82. The lowest BCUT2D eigenvalue weighted by atomic mass is 10.0. The number of piperidine rings is 1. The summed E-state index contributed by atoms with van der Waals surface area (Å²) >= 11 is 1.57. The topological polar surface area (TPSA) is 57.8 Å². The van der Waals surface area contributed by atoms with E-state index in [4.69, 9.17) is 5.11 Å². The van der Waals surface area contributed by atoms with Crippen LogP contribution in [0.25, 0.3) is 11.0 Å². The van der Waals surface area contributed by atoms with Crippen LogP contribution in [0, 0.1) is 0 Å². The fraction of sp³-hybridized carbons (Fsp3) is 0.429. The van der Waals surface area contributed by atoms with E-state index in [1.807, 2.05) is 16.0 Å². The lowest BCUT2D eigenvalue weighted by Crippen LogP contribution is -2.38. The zero-order chi connectivity index (χ0) is 14.1. The second-order valence-electron chi connectivity index (χ2n) is 5.09. The maximum Gasteiger partial charge on any atom is 0.328 e. The Morgan fingerprint density at radius 2 is 2.40 bits per heavy atom. The smallest absolute Gasteiger partial charge is 0.328 e. The number of hydrogen-bond acceptors (Lipinski definition) is 4. The number of carboxylic acid groups (broad SMARTS) is 1. The first kappa shape index (κ1) is 13.2. The summed E-state index contributed by atoms with van der Waals surface area (Å²) < 4.78 is 1.96. The van der Waals surface area contributed by atoms with Gasteiger partial charge in [0.15, 0.2) is 10.8 Å². The second-order valence-corrected chi connectivity index (χ2v) is 5.96. The van der Waals surface area contributed by atoms with Gasteiger partial charge in [-0.2, -0.15) is 0 Å². The molecule has 1 atom stereocenters. The van der Waals surface area contributed by atoms with Gasteiger partial charge in [-0.3, -0.25) is 4.40 Å². The number of fused-ring (bicyclic) bond motifs is 1. The van der Waals surface area contributed by atoms with Crippen molar-refractivity contribution in [1.82, 2.24) is 9.38 Å². The molecule has 6 heteroatoms. The number of imidazole rings is 1. The van der Waals surface area contributed by atoms with Crippen LogP contribution < -0.4 is 4.90 Å². The summed E-state index contributed by atoms with van der Waals surface area (Å²) in [7, 11) is 0. The zero-order valence-electron chi connectivity index (χ0n) is 11.3. The Bertz CT molecular complexity index is 658. The van der Waals surface area contributed by atoms with E-state index in [1.165, 1.54) is 12.5 Å². The van der Waals surface area contributed by atoms with Crippen LogP contribution in [0.1, 0.15) is 31.9 Å². The predicted octanol–water partition coefficient (Wildman–Crippen LogP) is 2.87. The molecule has 0 aromatic carbocycles. The second kappa shape index (κ2) is 5.28. The number of nitrogens with zero attached hydrogens (tertiary/aromatic N) is 3. The standard InChI is InChI=1S/C14H17N3O2S/c1-10-4-2-3-7-16(10)13-11(5-6-12(18)19)17-8-9-20-14(17)15-13/h5-6,8-10H,2-4,7H2,1H3,(H,18,19). The average Bonchev–Trinajstić information content (AvgIpc) is 2.97. The lowest BCUT2D eigenvalue weighted by Gasteiger charge is -2.34. The minimum absolute atomic E-state index is 0.449. The molecule has 0 aliphatic carbocycles. The van der Waals surface area contributed by atoms with Gasteiger partial charge < -0.3 is 10.0 Å². The van der Waals surface area contributed by atoms with Crippen molar-refractivity contribution in [2.24, 2.45) is 0 Å². The monoisotopic (exact) mass is 291 g/mol. The Morgan fingerprint density at radius 1 is 1.55 bits per heavy atom. The summed E-state index contributed by atoms with van der Waals surface area (Å²) in [5, 5.41) is 10.8. The van der Waals surface area contributed by atoms with Gasteiger partial charge in [0.2, 0.25) is 0 Å². The van der Waals surface area contributed by atoms with E-state index in [0.29, 0.717) is 6.04 Å². The Labute approximate surface area is 121 Å². The molecule has 0 saturated carbocycles. The van der Waals surface area contributed by atoms with Crippen LogP contribution in [0.5, 0.6) is 0 Å². The van der Waals surface area contributed by atoms with Gasteiger partial charge in [0, 0.05) is 30.2 Å². The highest BCUT2D eigenvalue weighted by Crippen LogP contribution is 2.30. The van der Waals surface area contributed by atoms with E-state index in [2.05, 4.69) is 16.8 Å². The first-order chi connectivity index (χ1) is 9.66. The fourth-order valence-corrected chi connectivity index (χ4v) is 3.44. The van der Waals surface area contributed by atoms with Crippen molar-refractivity contribution in [2.45, 2.75) is 32.2 Å². The molecular formula is C14H17N3O2S. The van der Waals surface area contributed by atoms with E-state index >= 15 is 0 Å². The number of hydrogen-bond donors (Lipinski definition) is 1. The first-order valence-corrected chi connectivity index (χ1v) is 7.68. The van der Waals surface area contributed by atoms with Gasteiger partial charge in [-0.15, -0.1) is 11.3 Å². The number of aromatic nitrogens is 2. The molecule has 0 amide bonds. The van der Waals surface area contributed by atoms with Gasteiger partial charge in [-0.25, -0.2) is 9.78 Å². The normalized spacial score (nSPS) is 20.1. The summed E-state index contributed by atoms with van der Waals surface area (Å²) in [5.41, 5.74) is 0.859. The maximum absolute atomic E-state index is 10.8. The summed E-state index contributed by atoms with van der Waals surface area (Å²) in [4.78, 5) is 18.7. The summed E-state index contributed by atoms with van der Waals surface area (Å²) in [6, 6.07) is 0.449. The van der Waals surface area contributed by atoms with Crippen molar-refractivity contribution >= 4 is 34.2 Å². The molecule has 0 spiro atoms. The molecule has 3 rings (SSSR count). The van der Waals surface area contributed by atoms with Crippen molar-refractivity contribution in [3.63, 3.8) is 0 Å². The quantitative estimate of drug-likeness (QED) is 0.883. The molecule has 0 radical (unpaired) electrons. The minimum atomic E-state index is -0.937. The minimum Gasteiger partial charge on any atom is -0.478 e. The van der Waals surface area contributed by atoms with Crippen molar-refractivity contribution < 1.29 is 9.90 Å². The van der Waals surface area contributed by atoms with E-state index < -0.39 is 5.97 Å². The van der Waals surface area contributed by atoms with Crippen LogP contribution in [0.3, 0.4) is 0 Å². The molecule has 1 aliphatic heterocycles. The maximum atomic E-state index is 10.8. The average molecular weight is 291 g/mol. The number of carbonyl (C=O) groups is 1. The molecule has 1 N–H and O–H groups in total. The van der Waals surface area contributed by atoms with Crippen LogP contribution in [-0.2, 0) is 4.79 Å². The van der Waals surface area contributed by atoms with Crippen molar-refractivity contribution in [1.29, 1.82) is 0 Å². The number of rotatable bonds is 3. The largest absolute Gasteiger partial charge is 0.478 e. The highest BCUT2D eigenvalue weighted by molar-refractivity contribution is 7.15. The molecular weight excluding hydrogens is 274 g/mol. The molecule has 2 aromatic rings. The summed E-state index contributed by atoms with van der Waals surface area (Å²) in [6.45, 7) is 3.19. The molecule has 1 fully saturated rings. The van der Waals surface area contributed by atoms with Crippen LogP contribution in [0.4, 0.5) is 5.82 Å². The third-order valence-electron chi connectivity index (χ3n) is 3.74. The third kappa shape index (κ3) is 2.31. The summed E-state index contributed by atoms with van der Waals surface area (Å²) in [6.07, 6.45) is 8.34. The van der Waals surface area contributed by atoms with E-state index in [0.717, 1.165) is 35.9 Å². The Kier molecular flexibility index (Phi) is 3.48. The van der Waals surface area contributed by atoms with E-state index in [-0.39, 0.29) is 0 Å². The van der Waals surface area contributed by atoms with E-state index in [1.54, 1.807) is 17.4 Å². The molecule has 20 heavy (non-hydrogen) atoms. The third-order valence-corrected chi connectivity index (χ3v) is 4.50. The summed E-state index contributed by atoms with van der Waals surface area (Å²) in [5.74, 6) is -0.0330. The number of carboxylic acids is 1. The predicted molar refractivity (Wildman–Crippen MR) is 80.4 cm³/mol. The number of anilines is 1. The number of thiazole rings is 1. The van der Waals surface area contributed by atoms with Crippen LogP contribution in [0.2, 0.25) is 0 Å². The highest BCUT2D eigenvalue weighted by atomic mass is 32.1. The highest BCUT2D eigenvalue weighted by Gasteiger charge is 2.24. The molecule has 1 saturated heterocycles. The van der Waals surface area contributed by atoms with Crippen molar-refractivity contribution in [3.05, 3.63) is 23.3 Å². The zero-order valence-corrected chi connectivity index (χ0v) is 12.1. The molecule has 1 unspecified atom stereocenters. The van der Waals surface area contributed by atoms with Crippen molar-refractivity contribution in [3.8, 4) is 0 Å². The SMILES string of the molecule is CC1CCCCN1c1nc2sccn2c1C=CC(=O)O. The van der Waals surface area contributed by atoms with Crippen molar-refractivity contribution in [2.75, 3.05) is 11.4 Å². The lowest BCUT2D eigenvalue weighted by molar-refractivity contribution is -0.131. The molecule has 3 heterocycles. The van der Waals surface area contributed by atoms with Crippen LogP contribution in [0.15, 0.2) is 17.7 Å². The molecule has 2 aromatic heterocycles. The Morgan fingerprint density at radius 3 is 3.15 bits per heavy atom. The molecule has 106 valence electrons. The molecule has 0 bridgehead atoms. The van der Waals surface area contributed by atoms with Gasteiger partial charge in [-0.1, -0.05) is 0 Å².